The molecule has 0 saturated carbocycles. The van der Waals surface area contributed by atoms with Gasteiger partial charge in [0, 0.05) is 26.2 Å². The van der Waals surface area contributed by atoms with Gasteiger partial charge >= 0.3 is 0 Å². The Kier molecular flexibility index (Phi) is 9.01. The minimum Gasteiger partial charge on any atom is -0.491 e. The third kappa shape index (κ3) is 6.07. The average Bonchev–Trinajstić information content (AvgIpc) is 2.61. The quantitative estimate of drug-likeness (QED) is 0.700. The molecule has 2 rings (SSSR count). The lowest BCUT2D eigenvalue weighted by Gasteiger charge is -2.31. The van der Waals surface area contributed by atoms with Crippen molar-refractivity contribution in [1.82, 2.24) is 9.62 Å². The number of nitrogens with zero attached hydrogens (tertiary/aromatic N) is 1. The van der Waals surface area contributed by atoms with Crippen molar-refractivity contribution in [1.29, 1.82) is 0 Å². The molecule has 27 heavy (non-hydrogen) atoms. The zero-order valence-electron chi connectivity index (χ0n) is 16.1. The summed E-state index contributed by atoms with van der Waals surface area (Å²) in [6.07, 6.45) is 1.36. The molecule has 3 N–H and O–H groups in total. The van der Waals surface area contributed by atoms with Crippen LogP contribution in [0.2, 0.25) is 0 Å². The second-order valence-corrected chi connectivity index (χ2v) is 8.81. The van der Waals surface area contributed by atoms with Gasteiger partial charge in [0.2, 0.25) is 15.9 Å². The van der Waals surface area contributed by atoms with Crippen molar-refractivity contribution in [3.63, 3.8) is 0 Å². The molecule has 1 saturated heterocycles. The first kappa shape index (κ1) is 23.7. The molecule has 1 aromatic rings. The third-order valence-electron chi connectivity index (χ3n) is 4.35. The molecule has 0 radical (unpaired) electrons. The number of carbonyl (C=O) groups excluding carboxylic acids is 1. The topological polar surface area (TPSA) is 102 Å². The smallest absolute Gasteiger partial charge is 0.243 e. The Hall–Kier alpha value is -1.35. The Morgan fingerprint density at radius 1 is 1.41 bits per heavy atom. The van der Waals surface area contributed by atoms with Gasteiger partial charge in [0.05, 0.1) is 16.9 Å². The highest BCUT2D eigenvalue weighted by atomic mass is 35.5. The van der Waals surface area contributed by atoms with Crippen molar-refractivity contribution in [2.75, 3.05) is 26.2 Å². The molecule has 7 nitrogen and oxygen atoms in total. The molecule has 0 aromatic heterocycles. The van der Waals surface area contributed by atoms with E-state index in [1.54, 1.807) is 18.2 Å². The second-order valence-electron chi connectivity index (χ2n) is 6.88. The van der Waals surface area contributed by atoms with E-state index in [4.69, 9.17) is 10.5 Å². The highest BCUT2D eigenvalue weighted by molar-refractivity contribution is 7.89. The van der Waals surface area contributed by atoms with Crippen LogP contribution < -0.4 is 15.8 Å². The van der Waals surface area contributed by atoms with E-state index >= 15 is 0 Å². The van der Waals surface area contributed by atoms with Gasteiger partial charge in [0.25, 0.3) is 0 Å². The van der Waals surface area contributed by atoms with Gasteiger partial charge < -0.3 is 15.8 Å². The van der Waals surface area contributed by atoms with Crippen molar-refractivity contribution in [3.8, 4) is 5.75 Å². The number of nitrogens with two attached hydrogens (primary N) is 1. The number of benzene rings is 1. The Balaban J connectivity index is 0.00000364. The molecule has 0 bridgehead atoms. The van der Waals surface area contributed by atoms with Gasteiger partial charge in [0.15, 0.2) is 0 Å². The molecule has 1 aromatic carbocycles. The van der Waals surface area contributed by atoms with Crippen LogP contribution in [0.5, 0.6) is 5.75 Å². The molecule has 1 amide bonds. The molecule has 154 valence electrons. The lowest BCUT2D eigenvalue weighted by Crippen LogP contribution is -2.46. The number of amides is 1. The lowest BCUT2D eigenvalue weighted by atomic mass is 9.99. The number of piperidine rings is 1. The largest absolute Gasteiger partial charge is 0.491 e. The van der Waals surface area contributed by atoms with Gasteiger partial charge in [-0.2, -0.15) is 4.31 Å². The Morgan fingerprint density at radius 2 is 2.11 bits per heavy atom. The van der Waals surface area contributed by atoms with Crippen molar-refractivity contribution >= 4 is 28.3 Å². The first-order chi connectivity index (χ1) is 12.3. The number of ether oxygens (including phenoxy) is 1. The molecule has 1 unspecified atom stereocenters. The Bertz CT molecular complexity index is 740. The van der Waals surface area contributed by atoms with Crippen LogP contribution in [0.15, 0.2) is 23.1 Å². The molecular formula is C18H30ClN3O4S. The van der Waals surface area contributed by atoms with Crippen LogP contribution in [-0.4, -0.2) is 50.9 Å². The molecule has 1 heterocycles. The first-order valence-electron chi connectivity index (χ1n) is 9.01. The summed E-state index contributed by atoms with van der Waals surface area (Å²) in [5.74, 6) is 0.207. The van der Waals surface area contributed by atoms with Crippen LogP contribution in [0.3, 0.4) is 0 Å². The fourth-order valence-corrected chi connectivity index (χ4v) is 4.64. The predicted octanol–water partition coefficient (Wildman–Crippen LogP) is 1.68. The van der Waals surface area contributed by atoms with Crippen LogP contribution in [-0.2, 0) is 14.8 Å². The number of nitrogens with one attached hydrogen (secondary N) is 1. The van der Waals surface area contributed by atoms with E-state index in [1.165, 1.54) is 4.31 Å². The van der Waals surface area contributed by atoms with E-state index in [-0.39, 0.29) is 41.8 Å². The summed E-state index contributed by atoms with van der Waals surface area (Å²) in [5.41, 5.74) is 6.18. The standard InChI is InChI=1S/C18H29N3O4S.ClH/c1-13(2)25-17-7-6-16(11-14(17)3)26(23,24)21-10-4-5-15(12-21)18(22)20-9-8-19;/h6-7,11,13,15H,4-5,8-10,12,19H2,1-3H3,(H,20,22);1H. The van der Waals surface area contributed by atoms with E-state index in [0.29, 0.717) is 38.2 Å². The number of halogens is 1. The van der Waals surface area contributed by atoms with Crippen LogP contribution in [0.4, 0.5) is 0 Å². The summed E-state index contributed by atoms with van der Waals surface area (Å²) in [7, 11) is -3.64. The Labute approximate surface area is 168 Å². The fourth-order valence-electron chi connectivity index (χ4n) is 3.03. The molecule has 1 aliphatic heterocycles. The summed E-state index contributed by atoms with van der Waals surface area (Å²) in [6, 6.07) is 4.89. The van der Waals surface area contributed by atoms with E-state index < -0.39 is 10.0 Å². The predicted molar refractivity (Wildman–Crippen MR) is 108 cm³/mol. The maximum absolute atomic E-state index is 13.0. The van der Waals surface area contributed by atoms with Gasteiger partial charge in [-0.05, 0) is 57.4 Å². The van der Waals surface area contributed by atoms with Gasteiger partial charge in [-0.1, -0.05) is 0 Å². The number of rotatable bonds is 7. The highest BCUT2D eigenvalue weighted by Gasteiger charge is 2.33. The highest BCUT2D eigenvalue weighted by Crippen LogP contribution is 2.27. The SMILES string of the molecule is Cc1cc(S(=O)(=O)N2CCCC(C(=O)NCCN)C2)ccc1OC(C)C.Cl. The van der Waals surface area contributed by atoms with Crippen LogP contribution in [0, 0.1) is 12.8 Å². The maximum Gasteiger partial charge on any atom is 0.243 e. The molecule has 9 heteroatoms. The minimum atomic E-state index is -3.64. The summed E-state index contributed by atoms with van der Waals surface area (Å²) in [4.78, 5) is 12.4. The second kappa shape index (κ2) is 10.3. The van der Waals surface area contributed by atoms with E-state index in [0.717, 1.165) is 5.56 Å². The molecule has 1 atom stereocenters. The number of hydrogen-bond donors (Lipinski definition) is 2. The van der Waals surface area contributed by atoms with Gasteiger partial charge in [-0.15, -0.1) is 12.4 Å². The number of aryl methyl sites for hydroxylation is 1. The summed E-state index contributed by atoms with van der Waals surface area (Å²) in [6.45, 7) is 7.06. The van der Waals surface area contributed by atoms with Gasteiger partial charge in [-0.3, -0.25) is 4.79 Å². The van der Waals surface area contributed by atoms with Crippen molar-refractivity contribution in [2.24, 2.45) is 11.7 Å². The van der Waals surface area contributed by atoms with E-state index in [9.17, 15) is 13.2 Å². The number of sulfonamides is 1. The number of hydrogen-bond acceptors (Lipinski definition) is 5. The summed E-state index contributed by atoms with van der Waals surface area (Å²) in [5, 5.41) is 2.75. The normalized spacial score (nSPS) is 18.0. The molecule has 1 aliphatic rings. The molecule has 0 spiro atoms. The van der Waals surface area contributed by atoms with Crippen molar-refractivity contribution < 1.29 is 17.9 Å². The third-order valence-corrected chi connectivity index (χ3v) is 6.21. The van der Waals surface area contributed by atoms with E-state index in [2.05, 4.69) is 5.32 Å². The zero-order valence-corrected chi connectivity index (χ0v) is 17.7. The van der Waals surface area contributed by atoms with E-state index in [1.807, 2.05) is 20.8 Å². The molecular weight excluding hydrogens is 390 g/mol. The van der Waals surface area contributed by atoms with Crippen LogP contribution >= 0.6 is 12.4 Å². The lowest BCUT2D eigenvalue weighted by molar-refractivity contribution is -0.126. The van der Waals surface area contributed by atoms with Gasteiger partial charge in [-0.25, -0.2) is 8.42 Å². The van der Waals surface area contributed by atoms with Gasteiger partial charge in [0.1, 0.15) is 5.75 Å². The Morgan fingerprint density at radius 3 is 2.70 bits per heavy atom. The molecule has 1 fully saturated rings. The monoisotopic (exact) mass is 419 g/mol. The summed E-state index contributed by atoms with van der Waals surface area (Å²) < 4.78 is 33.1. The maximum atomic E-state index is 13.0. The first-order valence-corrected chi connectivity index (χ1v) is 10.4. The molecule has 0 aliphatic carbocycles. The minimum absolute atomic E-state index is 0. The number of carbonyl (C=O) groups is 1. The average molecular weight is 420 g/mol. The van der Waals surface area contributed by atoms with Crippen molar-refractivity contribution in [2.45, 2.75) is 44.6 Å². The van der Waals surface area contributed by atoms with Crippen molar-refractivity contribution in [3.05, 3.63) is 23.8 Å². The zero-order chi connectivity index (χ0) is 19.3. The van der Waals surface area contributed by atoms with Crippen LogP contribution in [0.1, 0.15) is 32.3 Å². The summed E-state index contributed by atoms with van der Waals surface area (Å²) >= 11 is 0. The fraction of sp³-hybridized carbons (Fsp3) is 0.611. The van der Waals surface area contributed by atoms with Crippen LogP contribution in [0.25, 0.3) is 0 Å².